The number of aliphatic hydroxyl groups excluding tert-OH is 1. The number of carbonyl (C=O) groups excluding carboxylic acids is 2. The third-order valence-electron chi connectivity index (χ3n) is 8.18. The van der Waals surface area contributed by atoms with Gasteiger partial charge in [0.25, 0.3) is 19.1 Å². The second kappa shape index (κ2) is 21.0. The number of pyridine rings is 2. The van der Waals surface area contributed by atoms with Crippen molar-refractivity contribution in [2.75, 3.05) is 17.6 Å². The number of hydrogen-bond acceptors (Lipinski definition) is 11. The predicted octanol–water partition coefficient (Wildman–Crippen LogP) is 9.85. The molecule has 2 heterocycles. The van der Waals surface area contributed by atoms with Crippen LogP contribution < -0.4 is 15.2 Å². The lowest BCUT2D eigenvalue weighted by atomic mass is 10.0. The summed E-state index contributed by atoms with van der Waals surface area (Å²) in [7, 11) is -1.20. The van der Waals surface area contributed by atoms with Crippen LogP contribution >= 0.6 is 65.7 Å². The van der Waals surface area contributed by atoms with Crippen LogP contribution in [-0.4, -0.2) is 50.6 Å². The van der Waals surface area contributed by atoms with Gasteiger partial charge in [0.2, 0.25) is 11.6 Å². The molecule has 2 aromatic heterocycles. The van der Waals surface area contributed by atoms with Crippen LogP contribution in [0.1, 0.15) is 48.8 Å². The third kappa shape index (κ3) is 12.5. The molecule has 0 aliphatic heterocycles. The summed E-state index contributed by atoms with van der Waals surface area (Å²) in [4.78, 5) is 33.1. The lowest BCUT2D eigenvalue weighted by Crippen LogP contribution is -2.18. The number of methoxy groups -OCH3 is 1. The molecule has 4 aromatic carbocycles. The molecule has 0 spiro atoms. The second-order valence-corrected chi connectivity index (χ2v) is 19.2. The van der Waals surface area contributed by atoms with Crippen molar-refractivity contribution < 1.29 is 45.0 Å². The van der Waals surface area contributed by atoms with Crippen LogP contribution in [0, 0.1) is 25.5 Å². The van der Waals surface area contributed by atoms with Crippen molar-refractivity contribution in [1.29, 1.82) is 0 Å². The molecular formula is C40H31Br2Cl3F2N4O8S2. The molecule has 0 atom stereocenters. The van der Waals surface area contributed by atoms with Gasteiger partial charge < -0.3 is 15.6 Å². The number of ketones is 2. The summed E-state index contributed by atoms with van der Waals surface area (Å²) in [6.07, 6.45) is 2.42. The number of rotatable bonds is 10. The van der Waals surface area contributed by atoms with E-state index in [0.717, 1.165) is 26.8 Å². The standard InChI is InChI=1S/C20H15BrClFN2O4S.C13H10ClFN2O2.C7H6BrClO2S/c1-11-7-14(5-6-15(11)21)30(28,29)25-17-8-13(22)9-24-19(17)20(27)18-12(10-26)3-2-4-16(18)23;1-19-10-4-2-3-8(15)11(10)13(18)12-9(16)5-7(14)6-17-12;1-5-4-6(12(9,10)11)2-3-7(5)8/h2-9,25-26H,10H2,1H3;2-6H,16H2,1H3;2-4H,1H3. The van der Waals surface area contributed by atoms with Crippen LogP contribution in [0.4, 0.5) is 20.2 Å². The zero-order valence-electron chi connectivity index (χ0n) is 31.7. The first-order chi connectivity index (χ1) is 28.6. The molecule has 0 bridgehead atoms. The fourth-order valence-electron chi connectivity index (χ4n) is 5.19. The van der Waals surface area contributed by atoms with E-state index in [2.05, 4.69) is 46.5 Å². The van der Waals surface area contributed by atoms with Crippen LogP contribution in [-0.2, 0) is 25.7 Å². The quantitative estimate of drug-likeness (QED) is 0.0873. The molecule has 0 amide bonds. The monoisotopic (exact) mass is 1060 g/mol. The highest BCUT2D eigenvalue weighted by Gasteiger charge is 2.26. The molecule has 320 valence electrons. The van der Waals surface area contributed by atoms with E-state index in [-0.39, 0.29) is 54.5 Å². The lowest BCUT2D eigenvalue weighted by molar-refractivity contribution is 0.102. The Hall–Kier alpha value is -4.53. The number of halogens is 7. The van der Waals surface area contributed by atoms with Gasteiger partial charge in [0.15, 0.2) is 0 Å². The van der Waals surface area contributed by atoms with E-state index >= 15 is 0 Å². The summed E-state index contributed by atoms with van der Waals surface area (Å²) >= 11 is 18.2. The van der Waals surface area contributed by atoms with Gasteiger partial charge in [0.05, 0.1) is 50.5 Å². The molecule has 6 aromatic rings. The maximum Gasteiger partial charge on any atom is 0.261 e. The van der Waals surface area contributed by atoms with Crippen molar-refractivity contribution in [3.8, 4) is 5.75 Å². The number of ether oxygens (including phenoxy) is 1. The fourth-order valence-corrected chi connectivity index (χ4v) is 7.98. The summed E-state index contributed by atoms with van der Waals surface area (Å²) in [5.41, 5.74) is 6.13. The van der Waals surface area contributed by atoms with Crippen molar-refractivity contribution in [2.45, 2.75) is 30.2 Å². The predicted molar refractivity (Wildman–Crippen MR) is 237 cm³/mol. The van der Waals surface area contributed by atoms with Crippen LogP contribution in [0.5, 0.6) is 5.75 Å². The number of nitrogens with two attached hydrogens (primary N) is 1. The molecule has 12 nitrogen and oxygen atoms in total. The zero-order valence-corrected chi connectivity index (χ0v) is 38.8. The molecule has 61 heavy (non-hydrogen) atoms. The van der Waals surface area contributed by atoms with E-state index in [1.54, 1.807) is 26.0 Å². The van der Waals surface area contributed by atoms with Gasteiger partial charge in [-0.15, -0.1) is 0 Å². The number of nitrogens with one attached hydrogen (secondary N) is 1. The number of hydrogen-bond donors (Lipinski definition) is 3. The Morgan fingerprint density at radius 2 is 1.28 bits per heavy atom. The average molecular weight is 1060 g/mol. The molecule has 0 unspecified atom stereocenters. The number of benzene rings is 4. The summed E-state index contributed by atoms with van der Waals surface area (Å²) in [6.45, 7) is 2.95. The Balaban J connectivity index is 0.000000224. The fraction of sp³-hybridized carbons (Fsp3) is 0.100. The summed E-state index contributed by atoms with van der Waals surface area (Å²) in [5, 5.41) is 9.84. The summed E-state index contributed by atoms with van der Waals surface area (Å²) in [5.74, 6) is -2.97. The van der Waals surface area contributed by atoms with Gasteiger partial charge in [-0.3, -0.25) is 14.3 Å². The van der Waals surface area contributed by atoms with Crippen molar-refractivity contribution >= 4 is 108 Å². The van der Waals surface area contributed by atoms with E-state index in [1.165, 1.54) is 80.0 Å². The Bertz CT molecular complexity index is 2880. The summed E-state index contributed by atoms with van der Waals surface area (Å²) in [6, 6.07) is 19.6. The molecule has 0 radical (unpaired) electrons. The van der Waals surface area contributed by atoms with E-state index in [4.69, 9.17) is 44.4 Å². The molecule has 21 heteroatoms. The van der Waals surface area contributed by atoms with Crippen molar-refractivity contribution in [3.05, 3.63) is 167 Å². The average Bonchev–Trinajstić information content (AvgIpc) is 3.19. The number of aliphatic hydroxyl groups is 1. The largest absolute Gasteiger partial charge is 0.496 e. The van der Waals surface area contributed by atoms with Gasteiger partial charge in [-0.2, -0.15) is 0 Å². The molecule has 4 N–H and O–H groups in total. The van der Waals surface area contributed by atoms with E-state index < -0.39 is 54.4 Å². The second-order valence-electron chi connectivity index (χ2n) is 12.4. The number of nitrogens with zero attached hydrogens (tertiary/aromatic N) is 2. The molecule has 0 fully saturated rings. The highest BCUT2D eigenvalue weighted by Crippen LogP contribution is 2.29. The van der Waals surface area contributed by atoms with Gasteiger partial charge in [-0.1, -0.05) is 73.3 Å². The van der Waals surface area contributed by atoms with Crippen molar-refractivity contribution in [3.63, 3.8) is 0 Å². The lowest BCUT2D eigenvalue weighted by Gasteiger charge is -2.14. The Kier molecular flexibility index (Phi) is 16.9. The van der Waals surface area contributed by atoms with Gasteiger partial charge >= 0.3 is 0 Å². The maximum absolute atomic E-state index is 14.3. The van der Waals surface area contributed by atoms with Crippen LogP contribution in [0.2, 0.25) is 10.0 Å². The van der Waals surface area contributed by atoms with E-state index in [9.17, 15) is 40.3 Å². The third-order valence-corrected chi connectivity index (χ3v) is 13.1. The minimum absolute atomic E-state index is 0.0384. The first-order valence-electron chi connectivity index (χ1n) is 17.0. The highest BCUT2D eigenvalue weighted by molar-refractivity contribution is 9.10. The summed E-state index contributed by atoms with van der Waals surface area (Å²) < 4.78 is 84.4. The minimum atomic E-state index is -4.10. The van der Waals surface area contributed by atoms with Crippen LogP contribution in [0.25, 0.3) is 0 Å². The van der Waals surface area contributed by atoms with Gasteiger partial charge in [0, 0.05) is 32.0 Å². The van der Waals surface area contributed by atoms with Crippen molar-refractivity contribution in [2.24, 2.45) is 0 Å². The normalized spacial score (nSPS) is 11.1. The number of nitrogen functional groups attached to an aromatic ring is 1. The van der Waals surface area contributed by atoms with E-state index in [0.29, 0.717) is 10.6 Å². The minimum Gasteiger partial charge on any atom is -0.496 e. The number of carbonyl (C=O) groups is 2. The highest BCUT2D eigenvalue weighted by atomic mass is 79.9. The molecule has 0 aliphatic rings. The topological polar surface area (TPSA) is 196 Å². The zero-order chi connectivity index (χ0) is 45.4. The number of anilines is 2. The SMILES string of the molecule is COc1cccc(F)c1C(=O)c1ncc(Cl)cc1N.Cc1cc(S(=O)(=O)Cl)ccc1Br.Cc1cc(S(=O)(=O)Nc2cc(Cl)cnc2C(=O)c2c(F)cccc2CO)ccc1Br. The van der Waals surface area contributed by atoms with Crippen LogP contribution in [0.3, 0.4) is 0 Å². The smallest absolute Gasteiger partial charge is 0.261 e. The number of sulfonamides is 1. The maximum atomic E-state index is 14.3. The van der Waals surface area contributed by atoms with Crippen molar-refractivity contribution in [1.82, 2.24) is 9.97 Å². The first kappa shape index (κ1) is 49.1. The molecule has 0 saturated heterocycles. The molecule has 6 rings (SSSR count). The molecule has 0 aliphatic carbocycles. The van der Waals surface area contributed by atoms with Gasteiger partial charge in [-0.25, -0.2) is 35.6 Å². The Labute approximate surface area is 380 Å². The number of aromatic nitrogens is 2. The number of aryl methyl sites for hydroxylation is 2. The molecular weight excluding hydrogens is 1030 g/mol. The van der Waals surface area contributed by atoms with Gasteiger partial charge in [-0.05, 0) is 97.3 Å². The Morgan fingerprint density at radius 3 is 1.82 bits per heavy atom. The molecule has 0 saturated carbocycles. The van der Waals surface area contributed by atoms with Crippen LogP contribution in [0.15, 0.2) is 116 Å². The van der Waals surface area contributed by atoms with Gasteiger partial charge in [0.1, 0.15) is 34.3 Å². The first-order valence-corrected chi connectivity index (χ1v) is 23.1. The van der Waals surface area contributed by atoms with E-state index in [1.807, 2.05) is 0 Å². The Morgan fingerprint density at radius 1 is 0.770 bits per heavy atom.